The summed E-state index contributed by atoms with van der Waals surface area (Å²) in [4.78, 5) is 21.7. The van der Waals surface area contributed by atoms with Crippen LogP contribution in [0.4, 0.5) is 13.2 Å². The van der Waals surface area contributed by atoms with Gasteiger partial charge in [0.1, 0.15) is 0 Å². The van der Waals surface area contributed by atoms with Crippen LogP contribution in [0.15, 0.2) is 30.3 Å². The first-order valence-corrected chi connectivity index (χ1v) is 4.48. The van der Waals surface area contributed by atoms with Gasteiger partial charge in [-0.2, -0.15) is 13.2 Å². The first kappa shape index (κ1) is 13.0. The number of hydrogen-bond acceptors (Lipinski definition) is 2. The predicted octanol–water partition coefficient (Wildman–Crippen LogP) is 1.43. The molecule has 0 aliphatic carbocycles. The molecule has 1 amide bonds. The van der Waals surface area contributed by atoms with Crippen molar-refractivity contribution in [1.82, 2.24) is 5.32 Å². The zero-order valence-corrected chi connectivity index (χ0v) is 8.36. The van der Waals surface area contributed by atoms with Crippen LogP contribution in [0.3, 0.4) is 0 Å². The van der Waals surface area contributed by atoms with E-state index in [1.54, 1.807) is 6.07 Å². The smallest absolute Gasteiger partial charge is 0.419 e. The van der Waals surface area contributed by atoms with Gasteiger partial charge >= 0.3 is 12.1 Å². The molecule has 0 heterocycles. The summed E-state index contributed by atoms with van der Waals surface area (Å²) in [7, 11) is 0. The van der Waals surface area contributed by atoms with E-state index >= 15 is 0 Å². The van der Waals surface area contributed by atoms with Gasteiger partial charge in [0.2, 0.25) is 6.04 Å². The average molecular weight is 247 g/mol. The zero-order valence-electron chi connectivity index (χ0n) is 8.36. The minimum atomic E-state index is -5.03. The van der Waals surface area contributed by atoms with E-state index in [1.807, 2.05) is 0 Å². The first-order valence-electron chi connectivity index (χ1n) is 4.48. The van der Waals surface area contributed by atoms with Crippen LogP contribution >= 0.6 is 0 Å². The molecule has 1 atom stereocenters. The molecule has 0 aromatic heterocycles. The molecule has 92 valence electrons. The third-order valence-electron chi connectivity index (χ3n) is 1.89. The Labute approximate surface area is 94.1 Å². The molecule has 0 spiro atoms. The topological polar surface area (TPSA) is 66.4 Å². The van der Waals surface area contributed by atoms with E-state index in [2.05, 4.69) is 0 Å². The van der Waals surface area contributed by atoms with Gasteiger partial charge in [-0.1, -0.05) is 18.2 Å². The number of carbonyl (C=O) groups is 2. The van der Waals surface area contributed by atoms with Crippen LogP contribution in [0, 0.1) is 0 Å². The number of carboxylic acid groups (broad SMARTS) is 1. The third kappa shape index (κ3) is 3.47. The van der Waals surface area contributed by atoms with Gasteiger partial charge in [-0.05, 0) is 12.1 Å². The van der Waals surface area contributed by atoms with Crippen molar-refractivity contribution in [3.05, 3.63) is 35.9 Å². The van der Waals surface area contributed by atoms with Gasteiger partial charge in [-0.15, -0.1) is 0 Å². The number of carbonyl (C=O) groups excluding carboxylic acids is 1. The lowest BCUT2D eigenvalue weighted by Gasteiger charge is -2.17. The highest BCUT2D eigenvalue weighted by Crippen LogP contribution is 2.20. The Kier molecular flexibility index (Phi) is 3.72. The molecule has 0 fully saturated rings. The maximum absolute atomic E-state index is 12.3. The number of amides is 1. The lowest BCUT2D eigenvalue weighted by Crippen LogP contribution is -2.50. The number of alkyl halides is 3. The van der Waals surface area contributed by atoms with Crippen molar-refractivity contribution in [1.29, 1.82) is 0 Å². The molecule has 0 saturated carbocycles. The molecule has 0 radical (unpaired) electrons. The molecular weight excluding hydrogens is 239 g/mol. The monoisotopic (exact) mass is 247 g/mol. The second kappa shape index (κ2) is 4.86. The molecule has 17 heavy (non-hydrogen) atoms. The van der Waals surface area contributed by atoms with Crippen molar-refractivity contribution in [3.63, 3.8) is 0 Å². The molecule has 0 bridgehead atoms. The molecule has 0 saturated heterocycles. The van der Waals surface area contributed by atoms with Crippen molar-refractivity contribution in [2.45, 2.75) is 12.2 Å². The van der Waals surface area contributed by atoms with E-state index in [0.717, 1.165) is 0 Å². The van der Waals surface area contributed by atoms with Crippen molar-refractivity contribution >= 4 is 11.9 Å². The standard InChI is InChI=1S/C10H8F3NO3/c11-10(12,13)7(9(16)17)14-8(15)6-4-2-1-3-5-6/h1-5,7H,(H,14,15)(H,16,17). The Bertz CT molecular complexity index is 417. The Morgan fingerprint density at radius 3 is 2.12 bits per heavy atom. The predicted molar refractivity (Wildman–Crippen MR) is 51.4 cm³/mol. The first-order chi connectivity index (χ1) is 7.82. The van der Waals surface area contributed by atoms with E-state index in [9.17, 15) is 22.8 Å². The van der Waals surface area contributed by atoms with E-state index in [4.69, 9.17) is 5.11 Å². The summed E-state index contributed by atoms with van der Waals surface area (Å²) in [6.45, 7) is 0. The second-order valence-electron chi connectivity index (χ2n) is 3.15. The molecule has 1 rings (SSSR count). The van der Waals surface area contributed by atoms with Gasteiger partial charge in [-0.25, -0.2) is 4.79 Å². The number of nitrogens with one attached hydrogen (secondary N) is 1. The van der Waals surface area contributed by atoms with Gasteiger partial charge in [0.25, 0.3) is 5.91 Å². The average Bonchev–Trinajstić information content (AvgIpc) is 2.24. The summed E-state index contributed by atoms with van der Waals surface area (Å²) in [5.74, 6) is -3.24. The molecule has 4 nitrogen and oxygen atoms in total. The SMILES string of the molecule is O=C(NC(C(=O)O)C(F)(F)F)c1ccccc1. The Hall–Kier alpha value is -2.05. The van der Waals surface area contributed by atoms with Crippen LogP contribution in [0.2, 0.25) is 0 Å². The van der Waals surface area contributed by atoms with Crippen molar-refractivity contribution in [2.75, 3.05) is 0 Å². The number of halogens is 3. The minimum Gasteiger partial charge on any atom is -0.479 e. The van der Waals surface area contributed by atoms with E-state index in [1.165, 1.54) is 29.6 Å². The highest BCUT2D eigenvalue weighted by molar-refractivity contribution is 5.96. The maximum Gasteiger partial charge on any atom is 0.419 e. The molecule has 0 aliphatic heterocycles. The summed E-state index contributed by atoms with van der Waals surface area (Å²) < 4.78 is 36.8. The summed E-state index contributed by atoms with van der Waals surface area (Å²) in [6.07, 6.45) is -5.03. The van der Waals surface area contributed by atoms with Crippen LogP contribution in [-0.4, -0.2) is 29.2 Å². The summed E-state index contributed by atoms with van der Waals surface area (Å²) >= 11 is 0. The number of benzene rings is 1. The third-order valence-corrected chi connectivity index (χ3v) is 1.89. The van der Waals surface area contributed by atoms with Crippen LogP contribution in [-0.2, 0) is 4.79 Å². The molecule has 1 aromatic rings. The zero-order chi connectivity index (χ0) is 13.1. The van der Waals surface area contributed by atoms with Crippen LogP contribution in [0.1, 0.15) is 10.4 Å². The fraction of sp³-hybridized carbons (Fsp3) is 0.200. The largest absolute Gasteiger partial charge is 0.479 e. The fourth-order valence-electron chi connectivity index (χ4n) is 1.09. The Morgan fingerprint density at radius 1 is 1.18 bits per heavy atom. The number of rotatable bonds is 3. The van der Waals surface area contributed by atoms with Gasteiger partial charge < -0.3 is 10.4 Å². The Morgan fingerprint density at radius 2 is 1.71 bits per heavy atom. The molecule has 0 aliphatic rings. The minimum absolute atomic E-state index is 0.0389. The van der Waals surface area contributed by atoms with Crippen molar-refractivity contribution in [2.24, 2.45) is 0 Å². The highest BCUT2D eigenvalue weighted by atomic mass is 19.4. The van der Waals surface area contributed by atoms with Crippen LogP contribution in [0.5, 0.6) is 0 Å². The lowest BCUT2D eigenvalue weighted by atomic mass is 10.2. The molecule has 2 N–H and O–H groups in total. The number of carboxylic acids is 1. The van der Waals surface area contributed by atoms with Crippen LogP contribution < -0.4 is 5.32 Å². The lowest BCUT2D eigenvalue weighted by molar-refractivity contribution is -0.178. The molecule has 1 unspecified atom stereocenters. The quantitative estimate of drug-likeness (QED) is 0.849. The second-order valence-corrected chi connectivity index (χ2v) is 3.15. The van der Waals surface area contributed by atoms with Gasteiger partial charge in [-0.3, -0.25) is 4.79 Å². The summed E-state index contributed by atoms with van der Waals surface area (Å²) in [5.41, 5.74) is -0.0389. The van der Waals surface area contributed by atoms with Crippen LogP contribution in [0.25, 0.3) is 0 Å². The van der Waals surface area contributed by atoms with Crippen molar-refractivity contribution < 1.29 is 27.9 Å². The summed E-state index contributed by atoms with van der Waals surface area (Å²) in [6, 6.07) is 4.15. The van der Waals surface area contributed by atoms with E-state index in [-0.39, 0.29) is 5.56 Å². The van der Waals surface area contributed by atoms with E-state index in [0.29, 0.717) is 0 Å². The molecule has 7 heteroatoms. The van der Waals surface area contributed by atoms with E-state index < -0.39 is 24.1 Å². The number of aliphatic carboxylic acids is 1. The molecular formula is C10H8F3NO3. The fourth-order valence-corrected chi connectivity index (χ4v) is 1.09. The van der Waals surface area contributed by atoms with Gasteiger partial charge in [0.05, 0.1) is 0 Å². The van der Waals surface area contributed by atoms with Crippen molar-refractivity contribution in [3.8, 4) is 0 Å². The summed E-state index contributed by atoms with van der Waals surface area (Å²) in [5, 5.41) is 9.78. The van der Waals surface area contributed by atoms with Gasteiger partial charge in [0.15, 0.2) is 0 Å². The normalized spacial score (nSPS) is 12.9. The number of hydrogen-bond donors (Lipinski definition) is 2. The Balaban J connectivity index is 2.83. The highest BCUT2D eigenvalue weighted by Gasteiger charge is 2.46. The van der Waals surface area contributed by atoms with Gasteiger partial charge in [0, 0.05) is 5.56 Å². The maximum atomic E-state index is 12.3. The molecule has 1 aromatic carbocycles.